The molecule has 6 rings (SSSR count). The topological polar surface area (TPSA) is 96.0 Å². The summed E-state index contributed by atoms with van der Waals surface area (Å²) in [5.41, 5.74) is 6.38. The van der Waals surface area contributed by atoms with Crippen LogP contribution in [0.15, 0.2) is 73.4 Å². The van der Waals surface area contributed by atoms with Crippen molar-refractivity contribution in [1.29, 1.82) is 0 Å². The Labute approximate surface area is 175 Å². The number of fused-ring (bicyclic) bond motifs is 2. The molecule has 0 radical (unpaired) electrons. The molecule has 0 amide bonds. The third-order valence-electron chi connectivity index (χ3n) is 5.19. The molecule has 0 aliphatic carbocycles. The molecule has 31 heavy (non-hydrogen) atoms. The van der Waals surface area contributed by atoms with E-state index in [0.29, 0.717) is 11.4 Å². The molecule has 148 valence electrons. The smallest absolute Gasteiger partial charge is 0.123 e. The first-order valence-corrected chi connectivity index (χ1v) is 9.61. The van der Waals surface area contributed by atoms with Crippen LogP contribution >= 0.6 is 0 Å². The van der Waals surface area contributed by atoms with Crippen molar-refractivity contribution in [2.45, 2.75) is 0 Å². The summed E-state index contributed by atoms with van der Waals surface area (Å²) in [6, 6.07) is 12.2. The first kappa shape index (κ1) is 17.4. The maximum Gasteiger partial charge on any atom is 0.123 e. The quantitative estimate of drug-likeness (QED) is 0.441. The third kappa shape index (κ3) is 2.93. The fourth-order valence-corrected chi connectivity index (χ4v) is 3.71. The monoisotopic (exact) mass is 407 g/mol. The normalized spacial score (nSPS) is 11.4. The second-order valence-electron chi connectivity index (χ2n) is 7.09. The van der Waals surface area contributed by atoms with Crippen LogP contribution < -0.4 is 0 Å². The molecule has 0 unspecified atom stereocenters. The number of pyridine rings is 2. The first-order chi connectivity index (χ1) is 15.3. The van der Waals surface area contributed by atoms with Crippen molar-refractivity contribution < 1.29 is 4.39 Å². The molecule has 0 atom stereocenters. The molecule has 8 heteroatoms. The van der Waals surface area contributed by atoms with Crippen molar-refractivity contribution in [3.05, 3.63) is 79.3 Å². The average Bonchev–Trinajstić information content (AvgIpc) is 3.43. The van der Waals surface area contributed by atoms with Gasteiger partial charge in [-0.25, -0.2) is 4.39 Å². The van der Waals surface area contributed by atoms with Gasteiger partial charge in [-0.05, 0) is 42.5 Å². The second-order valence-corrected chi connectivity index (χ2v) is 7.09. The van der Waals surface area contributed by atoms with E-state index in [2.05, 4.69) is 35.1 Å². The summed E-state index contributed by atoms with van der Waals surface area (Å²) in [5.74, 6) is -0.277. The molecule has 6 aromatic rings. The maximum absolute atomic E-state index is 13.4. The number of aromatic nitrogens is 7. The highest BCUT2D eigenvalue weighted by molar-refractivity contribution is 6.00. The van der Waals surface area contributed by atoms with Crippen molar-refractivity contribution >= 4 is 21.8 Å². The molecule has 7 nitrogen and oxygen atoms in total. The molecule has 2 N–H and O–H groups in total. The predicted molar refractivity (Wildman–Crippen MR) is 115 cm³/mol. The first-order valence-electron chi connectivity index (χ1n) is 9.61. The maximum atomic E-state index is 13.4. The summed E-state index contributed by atoms with van der Waals surface area (Å²) in [7, 11) is 0. The van der Waals surface area contributed by atoms with Crippen LogP contribution in [-0.4, -0.2) is 35.1 Å². The zero-order valence-corrected chi connectivity index (χ0v) is 16.0. The fourth-order valence-electron chi connectivity index (χ4n) is 3.71. The van der Waals surface area contributed by atoms with Gasteiger partial charge in [0, 0.05) is 40.4 Å². The van der Waals surface area contributed by atoms with E-state index in [4.69, 9.17) is 0 Å². The number of benzene rings is 1. The molecular formula is C23H14FN7. The second kappa shape index (κ2) is 6.81. The number of rotatable bonds is 3. The molecule has 0 bridgehead atoms. The highest BCUT2D eigenvalue weighted by Gasteiger charge is 2.15. The lowest BCUT2D eigenvalue weighted by Crippen LogP contribution is -1.88. The summed E-state index contributed by atoms with van der Waals surface area (Å²) < 4.78 is 13.4. The van der Waals surface area contributed by atoms with Crippen LogP contribution in [0.1, 0.15) is 0 Å². The van der Waals surface area contributed by atoms with Gasteiger partial charge in [0.2, 0.25) is 0 Å². The molecule has 0 spiro atoms. The Bertz CT molecular complexity index is 1540. The van der Waals surface area contributed by atoms with Gasteiger partial charge in [-0.15, -0.1) is 0 Å². The number of halogens is 1. The SMILES string of the molecule is Fc1ccc(-c2nccc3[nH]c(-c4n[nH]c5cnc(-c6cnccn6)cc45)cc23)cc1. The van der Waals surface area contributed by atoms with Crippen LogP contribution in [-0.2, 0) is 0 Å². The van der Waals surface area contributed by atoms with Crippen LogP contribution in [0.25, 0.3) is 55.8 Å². The van der Waals surface area contributed by atoms with E-state index in [1.807, 2.05) is 18.2 Å². The van der Waals surface area contributed by atoms with Crippen LogP contribution in [0, 0.1) is 5.82 Å². The average molecular weight is 407 g/mol. The zero-order chi connectivity index (χ0) is 20.8. The third-order valence-corrected chi connectivity index (χ3v) is 5.19. The molecular weight excluding hydrogens is 393 g/mol. The Morgan fingerprint density at radius 2 is 1.58 bits per heavy atom. The van der Waals surface area contributed by atoms with Crippen LogP contribution in [0.4, 0.5) is 4.39 Å². The highest BCUT2D eigenvalue weighted by atomic mass is 19.1. The Kier molecular flexibility index (Phi) is 3.82. The van der Waals surface area contributed by atoms with E-state index in [-0.39, 0.29) is 5.82 Å². The standard InChI is InChI=1S/C23H14FN7/c24-14-3-1-13(2-4-14)22-15-10-19(29-17(15)5-6-27-22)23-16-9-18(21-11-25-7-8-26-21)28-12-20(16)30-31-23/h1-12,29H,(H,30,31). The molecule has 0 saturated carbocycles. The molecule has 0 fully saturated rings. The Hall–Kier alpha value is -4.46. The lowest BCUT2D eigenvalue weighted by atomic mass is 10.1. The van der Waals surface area contributed by atoms with Crippen LogP contribution in [0.5, 0.6) is 0 Å². The Morgan fingerprint density at radius 1 is 0.710 bits per heavy atom. The molecule has 0 aliphatic heterocycles. The molecule has 0 saturated heterocycles. The summed E-state index contributed by atoms with van der Waals surface area (Å²) in [6.45, 7) is 0. The van der Waals surface area contributed by atoms with Gasteiger partial charge >= 0.3 is 0 Å². The van der Waals surface area contributed by atoms with Crippen molar-refractivity contribution in [2.24, 2.45) is 0 Å². The number of hydrogen-bond acceptors (Lipinski definition) is 5. The lowest BCUT2D eigenvalue weighted by molar-refractivity contribution is 0.628. The van der Waals surface area contributed by atoms with Crippen molar-refractivity contribution in [3.63, 3.8) is 0 Å². The summed E-state index contributed by atoms with van der Waals surface area (Å²) in [6.07, 6.45) is 8.42. The fraction of sp³-hybridized carbons (Fsp3) is 0. The van der Waals surface area contributed by atoms with E-state index in [1.165, 1.54) is 12.1 Å². The van der Waals surface area contributed by atoms with E-state index >= 15 is 0 Å². The van der Waals surface area contributed by atoms with Gasteiger partial charge in [-0.2, -0.15) is 5.10 Å². The Balaban J connectivity index is 1.51. The zero-order valence-electron chi connectivity index (χ0n) is 16.0. The highest BCUT2D eigenvalue weighted by Crippen LogP contribution is 2.33. The van der Waals surface area contributed by atoms with Crippen LogP contribution in [0.3, 0.4) is 0 Å². The number of H-pyrrole nitrogens is 2. The summed E-state index contributed by atoms with van der Waals surface area (Å²) >= 11 is 0. The Morgan fingerprint density at radius 3 is 2.42 bits per heavy atom. The van der Waals surface area contributed by atoms with Crippen LogP contribution in [0.2, 0.25) is 0 Å². The lowest BCUT2D eigenvalue weighted by Gasteiger charge is -2.02. The molecule has 0 aliphatic rings. The minimum atomic E-state index is -0.277. The number of aromatic amines is 2. The van der Waals surface area contributed by atoms with Gasteiger partial charge in [0.05, 0.1) is 35.0 Å². The molecule has 1 aromatic carbocycles. The predicted octanol–water partition coefficient (Wildman–Crippen LogP) is 4.76. The summed E-state index contributed by atoms with van der Waals surface area (Å²) in [5, 5.41) is 9.39. The number of nitrogens with one attached hydrogen (secondary N) is 2. The number of nitrogens with zero attached hydrogens (tertiary/aromatic N) is 5. The molecule has 5 aromatic heterocycles. The minimum Gasteiger partial charge on any atom is -0.353 e. The number of hydrogen-bond donors (Lipinski definition) is 2. The van der Waals surface area contributed by atoms with Gasteiger partial charge in [0.25, 0.3) is 0 Å². The summed E-state index contributed by atoms with van der Waals surface area (Å²) in [4.78, 5) is 20.9. The largest absolute Gasteiger partial charge is 0.353 e. The molecule has 5 heterocycles. The van der Waals surface area contributed by atoms with Crippen molar-refractivity contribution in [3.8, 4) is 34.0 Å². The van der Waals surface area contributed by atoms with Gasteiger partial charge in [-0.1, -0.05) is 0 Å². The van der Waals surface area contributed by atoms with E-state index in [0.717, 1.165) is 44.5 Å². The van der Waals surface area contributed by atoms with Gasteiger partial charge in [-0.3, -0.25) is 25.0 Å². The van der Waals surface area contributed by atoms with Gasteiger partial charge in [0.1, 0.15) is 17.2 Å². The van der Waals surface area contributed by atoms with E-state index in [9.17, 15) is 4.39 Å². The van der Waals surface area contributed by atoms with Gasteiger partial charge in [0.15, 0.2) is 0 Å². The van der Waals surface area contributed by atoms with Gasteiger partial charge < -0.3 is 4.98 Å². The van der Waals surface area contributed by atoms with Crippen molar-refractivity contribution in [2.75, 3.05) is 0 Å². The van der Waals surface area contributed by atoms with Crippen molar-refractivity contribution in [1.82, 2.24) is 35.1 Å². The van der Waals surface area contributed by atoms with E-state index in [1.54, 1.807) is 43.1 Å². The van der Waals surface area contributed by atoms with E-state index < -0.39 is 0 Å². The minimum absolute atomic E-state index is 0.277.